The van der Waals surface area contributed by atoms with Gasteiger partial charge in [-0.2, -0.15) is 0 Å². The molecule has 0 aliphatic heterocycles. The molecule has 1 aromatic rings. The summed E-state index contributed by atoms with van der Waals surface area (Å²) in [5.74, 6) is 0.137. The van der Waals surface area contributed by atoms with Crippen LogP contribution in [0.25, 0.3) is 0 Å². The highest BCUT2D eigenvalue weighted by Gasteiger charge is 2.31. The second-order valence-electron chi connectivity index (χ2n) is 4.82. The van der Waals surface area contributed by atoms with E-state index in [1.807, 2.05) is 32.2 Å². The number of Topliss-reactive ketones (excluding diaryl/α,β-unsaturated/α-hetero) is 1. The highest BCUT2D eigenvalue weighted by atomic mass is 79.9. The van der Waals surface area contributed by atoms with Crippen LogP contribution < -0.4 is 0 Å². The molecule has 1 unspecified atom stereocenters. The maximum atomic E-state index is 12.1. The van der Waals surface area contributed by atoms with Gasteiger partial charge in [-0.3, -0.25) is 4.79 Å². The summed E-state index contributed by atoms with van der Waals surface area (Å²) in [4.78, 5) is 13.2. The number of hydrogen-bond donors (Lipinski definition) is 0. The minimum Gasteiger partial charge on any atom is -0.373 e. The quantitative estimate of drug-likeness (QED) is 0.848. The zero-order valence-corrected chi connectivity index (χ0v) is 12.4. The summed E-state index contributed by atoms with van der Waals surface area (Å²) in [5.41, 5.74) is -0.157. The van der Waals surface area contributed by atoms with Gasteiger partial charge in [0, 0.05) is 22.9 Å². The zero-order valence-electron chi connectivity index (χ0n) is 10.0. The first-order valence-corrected chi connectivity index (χ1v) is 6.81. The van der Waals surface area contributed by atoms with Crippen LogP contribution in [-0.2, 0) is 16.0 Å². The number of halogens is 1. The van der Waals surface area contributed by atoms with Crippen LogP contribution in [0.15, 0.2) is 15.9 Å². The molecular formula is C12H17BrO2S. The van der Waals surface area contributed by atoms with Crippen molar-refractivity contribution in [2.75, 3.05) is 7.11 Å². The number of thiophene rings is 1. The largest absolute Gasteiger partial charge is 0.373 e. The molecule has 16 heavy (non-hydrogen) atoms. The van der Waals surface area contributed by atoms with E-state index in [9.17, 15) is 4.79 Å². The predicted octanol–water partition coefficient (Wildman–Crippen LogP) is 3.68. The molecule has 0 saturated heterocycles. The lowest BCUT2D eigenvalue weighted by Crippen LogP contribution is -2.37. The number of ether oxygens (including phenoxy) is 1. The van der Waals surface area contributed by atoms with Crippen LogP contribution in [0.4, 0.5) is 0 Å². The van der Waals surface area contributed by atoms with Crippen molar-refractivity contribution in [1.82, 2.24) is 0 Å². The van der Waals surface area contributed by atoms with E-state index in [4.69, 9.17) is 4.74 Å². The van der Waals surface area contributed by atoms with Crippen molar-refractivity contribution in [3.05, 3.63) is 20.8 Å². The third kappa shape index (κ3) is 3.40. The van der Waals surface area contributed by atoms with Crippen molar-refractivity contribution in [3.8, 4) is 0 Å². The molecule has 0 radical (unpaired) electrons. The average molecular weight is 305 g/mol. The molecule has 0 aliphatic rings. The Morgan fingerprint density at radius 1 is 1.56 bits per heavy atom. The van der Waals surface area contributed by atoms with Crippen LogP contribution >= 0.6 is 27.3 Å². The molecule has 1 heterocycles. The van der Waals surface area contributed by atoms with Gasteiger partial charge in [0.15, 0.2) is 5.78 Å². The Kier molecular flexibility index (Phi) is 4.71. The van der Waals surface area contributed by atoms with Crippen molar-refractivity contribution in [2.24, 2.45) is 5.41 Å². The number of methoxy groups -OCH3 is 1. The summed E-state index contributed by atoms with van der Waals surface area (Å²) < 4.78 is 6.31. The van der Waals surface area contributed by atoms with E-state index < -0.39 is 0 Å². The summed E-state index contributed by atoms with van der Waals surface area (Å²) in [7, 11) is 1.59. The molecule has 2 nitrogen and oxygen atoms in total. The Bertz CT molecular complexity index is 365. The van der Waals surface area contributed by atoms with Gasteiger partial charge in [0.2, 0.25) is 0 Å². The van der Waals surface area contributed by atoms with E-state index in [0.717, 1.165) is 9.35 Å². The minimum absolute atomic E-state index is 0.137. The summed E-state index contributed by atoms with van der Waals surface area (Å²) in [6.07, 6.45) is 0.0927. The van der Waals surface area contributed by atoms with Gasteiger partial charge >= 0.3 is 0 Å². The van der Waals surface area contributed by atoms with Crippen molar-refractivity contribution in [1.29, 1.82) is 0 Å². The van der Waals surface area contributed by atoms with Gasteiger partial charge in [-0.25, -0.2) is 0 Å². The first kappa shape index (κ1) is 13.9. The second kappa shape index (κ2) is 5.43. The molecule has 0 spiro atoms. The Labute approximate surface area is 109 Å². The van der Waals surface area contributed by atoms with Crippen molar-refractivity contribution in [3.63, 3.8) is 0 Å². The monoisotopic (exact) mass is 304 g/mol. The third-order valence-electron chi connectivity index (χ3n) is 2.34. The van der Waals surface area contributed by atoms with E-state index in [-0.39, 0.29) is 17.3 Å². The molecule has 0 aromatic carbocycles. The van der Waals surface area contributed by atoms with Gasteiger partial charge in [0.25, 0.3) is 0 Å². The first-order chi connectivity index (χ1) is 7.36. The highest BCUT2D eigenvalue weighted by Crippen LogP contribution is 2.27. The van der Waals surface area contributed by atoms with E-state index >= 15 is 0 Å². The number of carbonyl (C=O) groups is 1. The molecule has 0 saturated carbocycles. The van der Waals surface area contributed by atoms with Gasteiger partial charge in [-0.15, -0.1) is 11.3 Å². The fourth-order valence-electron chi connectivity index (χ4n) is 1.67. The highest BCUT2D eigenvalue weighted by molar-refractivity contribution is 9.10. The Morgan fingerprint density at radius 3 is 2.56 bits per heavy atom. The zero-order chi connectivity index (χ0) is 12.3. The van der Waals surface area contributed by atoms with Crippen molar-refractivity contribution < 1.29 is 9.53 Å². The molecule has 0 bridgehead atoms. The van der Waals surface area contributed by atoms with Crippen LogP contribution in [0.5, 0.6) is 0 Å². The van der Waals surface area contributed by atoms with E-state index in [0.29, 0.717) is 6.42 Å². The molecule has 1 aromatic heterocycles. The molecule has 1 atom stereocenters. The lowest BCUT2D eigenvalue weighted by Gasteiger charge is -2.27. The fourth-order valence-corrected chi connectivity index (χ4v) is 3.17. The van der Waals surface area contributed by atoms with Gasteiger partial charge in [0.1, 0.15) is 6.10 Å². The maximum Gasteiger partial charge on any atom is 0.167 e. The minimum atomic E-state index is -0.346. The van der Waals surface area contributed by atoms with Crippen LogP contribution in [0, 0.1) is 5.41 Å². The Morgan fingerprint density at radius 2 is 2.19 bits per heavy atom. The smallest absolute Gasteiger partial charge is 0.167 e. The summed E-state index contributed by atoms with van der Waals surface area (Å²) in [5, 5.41) is 1.98. The van der Waals surface area contributed by atoms with Crippen LogP contribution in [0.3, 0.4) is 0 Å². The topological polar surface area (TPSA) is 26.3 Å². The summed E-state index contributed by atoms with van der Waals surface area (Å²) >= 11 is 5.03. The number of carbonyl (C=O) groups excluding carboxylic acids is 1. The Balaban J connectivity index is 2.75. The fraction of sp³-hybridized carbons (Fsp3) is 0.583. The van der Waals surface area contributed by atoms with Gasteiger partial charge < -0.3 is 4.74 Å². The summed E-state index contributed by atoms with van der Waals surface area (Å²) in [6.45, 7) is 6.05. The molecule has 90 valence electrons. The molecule has 0 amide bonds. The van der Waals surface area contributed by atoms with E-state index in [1.54, 1.807) is 18.4 Å². The molecular weight excluding hydrogens is 288 g/mol. The Hall–Kier alpha value is -0.190. The summed E-state index contributed by atoms with van der Waals surface area (Å²) in [6, 6.07) is 1.96. The van der Waals surface area contributed by atoms with Crippen molar-refractivity contribution >= 4 is 33.0 Å². The normalized spacial score (nSPS) is 13.8. The predicted molar refractivity (Wildman–Crippen MR) is 71.0 cm³/mol. The van der Waals surface area contributed by atoms with Gasteiger partial charge in [0.05, 0.1) is 0 Å². The maximum absolute atomic E-state index is 12.1. The van der Waals surface area contributed by atoms with Crippen LogP contribution in [0.1, 0.15) is 25.6 Å². The lowest BCUT2D eigenvalue weighted by atomic mass is 9.85. The standard InChI is InChI=1S/C12H17BrO2S/c1-12(2,3)11(15-4)9(14)7-10-8(13)5-6-16-10/h5-6,11H,7H2,1-4H3. The number of rotatable bonds is 4. The molecule has 1 rings (SSSR count). The molecule has 0 fully saturated rings. The van der Waals surface area contributed by atoms with Crippen molar-refractivity contribution in [2.45, 2.75) is 33.3 Å². The third-order valence-corrected chi connectivity index (χ3v) is 4.27. The van der Waals surface area contributed by atoms with Gasteiger partial charge in [-0.05, 0) is 32.8 Å². The second-order valence-corrected chi connectivity index (χ2v) is 6.67. The van der Waals surface area contributed by atoms with Gasteiger partial charge in [-0.1, -0.05) is 20.8 Å². The number of hydrogen-bond acceptors (Lipinski definition) is 3. The van der Waals surface area contributed by atoms with Crippen LogP contribution in [0.2, 0.25) is 0 Å². The average Bonchev–Trinajstić information content (AvgIpc) is 2.50. The van der Waals surface area contributed by atoms with Crippen LogP contribution in [-0.4, -0.2) is 19.0 Å². The van der Waals surface area contributed by atoms with E-state index in [2.05, 4.69) is 15.9 Å². The first-order valence-electron chi connectivity index (χ1n) is 5.13. The molecule has 4 heteroatoms. The molecule has 0 N–H and O–H groups in total. The van der Waals surface area contributed by atoms with E-state index in [1.165, 1.54) is 0 Å². The SMILES string of the molecule is COC(C(=O)Cc1sccc1Br)C(C)(C)C. The lowest BCUT2D eigenvalue weighted by molar-refractivity contribution is -0.134. The number of ketones is 1. The molecule has 0 aliphatic carbocycles.